The van der Waals surface area contributed by atoms with Crippen LogP contribution in [0.3, 0.4) is 0 Å². The summed E-state index contributed by atoms with van der Waals surface area (Å²) in [5.74, 6) is -0.322. The fourth-order valence-electron chi connectivity index (χ4n) is 0.968. The number of hydrogen-bond donors (Lipinski definition) is 2. The maximum absolute atomic E-state index is 10.5. The molecule has 3 nitrogen and oxygen atoms in total. The zero-order chi connectivity index (χ0) is 6.85. The van der Waals surface area contributed by atoms with Gasteiger partial charge in [0.1, 0.15) is 6.04 Å². The SMILES string of the molecule is C=C1CCN[C@@H]1C(N)=O.Cl.Cl. The van der Waals surface area contributed by atoms with Gasteiger partial charge >= 0.3 is 0 Å². The van der Waals surface area contributed by atoms with Crippen LogP contribution in [0.25, 0.3) is 0 Å². The predicted octanol–water partition coefficient (Wildman–Crippen LogP) is 0.233. The Morgan fingerprint density at radius 1 is 1.64 bits per heavy atom. The lowest BCUT2D eigenvalue weighted by Gasteiger charge is -2.04. The summed E-state index contributed by atoms with van der Waals surface area (Å²) in [6, 6.07) is -0.273. The first kappa shape index (κ1) is 13.3. The van der Waals surface area contributed by atoms with Gasteiger partial charge < -0.3 is 11.1 Å². The van der Waals surface area contributed by atoms with Gasteiger partial charge in [0.2, 0.25) is 5.91 Å². The smallest absolute Gasteiger partial charge is 0.238 e. The third-order valence-electron chi connectivity index (χ3n) is 1.49. The van der Waals surface area contributed by atoms with E-state index in [0.29, 0.717) is 0 Å². The number of nitrogens with one attached hydrogen (secondary N) is 1. The number of primary amides is 1. The Balaban J connectivity index is 0. The average molecular weight is 199 g/mol. The Hall–Kier alpha value is -0.250. The van der Waals surface area contributed by atoms with Gasteiger partial charge in [0.05, 0.1) is 0 Å². The number of amides is 1. The van der Waals surface area contributed by atoms with Gasteiger partial charge in [-0.3, -0.25) is 4.79 Å². The number of rotatable bonds is 1. The lowest BCUT2D eigenvalue weighted by molar-refractivity contribution is -0.118. The van der Waals surface area contributed by atoms with Crippen LogP contribution in [0.4, 0.5) is 0 Å². The van der Waals surface area contributed by atoms with Crippen molar-refractivity contribution in [2.75, 3.05) is 6.54 Å². The Labute approximate surface area is 78.2 Å². The van der Waals surface area contributed by atoms with Gasteiger partial charge in [0.25, 0.3) is 0 Å². The second kappa shape index (κ2) is 5.41. The quantitative estimate of drug-likeness (QED) is 0.594. The van der Waals surface area contributed by atoms with Crippen LogP contribution in [0.2, 0.25) is 0 Å². The largest absolute Gasteiger partial charge is 0.368 e. The molecule has 1 rings (SSSR count). The van der Waals surface area contributed by atoms with Gasteiger partial charge in [-0.2, -0.15) is 0 Å². The van der Waals surface area contributed by atoms with Crippen LogP contribution in [0, 0.1) is 0 Å². The van der Waals surface area contributed by atoms with Crippen LogP contribution < -0.4 is 11.1 Å². The highest BCUT2D eigenvalue weighted by molar-refractivity contribution is 5.85. The molecular formula is C6H12Cl2N2O. The summed E-state index contributed by atoms with van der Waals surface area (Å²) in [5.41, 5.74) is 5.93. The molecule has 1 aliphatic rings. The molecule has 1 heterocycles. The monoisotopic (exact) mass is 198 g/mol. The van der Waals surface area contributed by atoms with Crippen LogP contribution in [0.5, 0.6) is 0 Å². The maximum atomic E-state index is 10.5. The summed E-state index contributed by atoms with van der Waals surface area (Å²) in [6.07, 6.45) is 0.869. The fourth-order valence-corrected chi connectivity index (χ4v) is 0.968. The molecule has 0 radical (unpaired) electrons. The number of halogens is 2. The molecular weight excluding hydrogens is 187 g/mol. The first-order valence-electron chi connectivity index (χ1n) is 2.92. The van der Waals surface area contributed by atoms with Crippen molar-refractivity contribution in [2.24, 2.45) is 5.73 Å². The van der Waals surface area contributed by atoms with Crippen LogP contribution >= 0.6 is 24.8 Å². The zero-order valence-corrected chi connectivity index (χ0v) is 7.63. The van der Waals surface area contributed by atoms with Crippen molar-refractivity contribution in [1.29, 1.82) is 0 Å². The van der Waals surface area contributed by atoms with Crippen molar-refractivity contribution in [3.05, 3.63) is 12.2 Å². The minimum Gasteiger partial charge on any atom is -0.368 e. The standard InChI is InChI=1S/C6H10N2O.2ClH/c1-4-2-3-8-5(4)6(7)9;;/h5,8H,1-3H2,(H2,7,9);2*1H/t5-;;/m0../s1. The normalized spacial score (nSPS) is 21.8. The van der Waals surface area contributed by atoms with E-state index >= 15 is 0 Å². The number of carbonyl (C=O) groups excluding carboxylic acids is 1. The summed E-state index contributed by atoms with van der Waals surface area (Å²) in [4.78, 5) is 10.5. The van der Waals surface area contributed by atoms with E-state index < -0.39 is 0 Å². The zero-order valence-electron chi connectivity index (χ0n) is 6.00. The topological polar surface area (TPSA) is 55.1 Å². The van der Waals surface area contributed by atoms with Crippen LogP contribution in [-0.2, 0) is 4.79 Å². The molecule has 5 heteroatoms. The van der Waals surface area contributed by atoms with Gasteiger partial charge in [-0.25, -0.2) is 0 Å². The van der Waals surface area contributed by atoms with Gasteiger partial charge in [0, 0.05) is 0 Å². The van der Waals surface area contributed by atoms with Gasteiger partial charge in [0.15, 0.2) is 0 Å². The summed E-state index contributed by atoms with van der Waals surface area (Å²) in [5, 5.41) is 2.93. The molecule has 0 saturated carbocycles. The van der Waals surface area contributed by atoms with E-state index in [1.807, 2.05) is 0 Å². The number of hydrogen-bond acceptors (Lipinski definition) is 2. The van der Waals surface area contributed by atoms with Crippen LogP contribution in [0.15, 0.2) is 12.2 Å². The molecule has 0 aliphatic carbocycles. The fraction of sp³-hybridized carbons (Fsp3) is 0.500. The summed E-state index contributed by atoms with van der Waals surface area (Å²) in [6.45, 7) is 4.52. The first-order valence-corrected chi connectivity index (χ1v) is 2.92. The molecule has 1 atom stereocenters. The lowest BCUT2D eigenvalue weighted by atomic mass is 10.1. The molecule has 66 valence electrons. The average Bonchev–Trinajstić information content (AvgIpc) is 2.13. The van der Waals surface area contributed by atoms with E-state index in [1.165, 1.54) is 0 Å². The number of carbonyl (C=O) groups is 1. The predicted molar refractivity (Wildman–Crippen MR) is 49.2 cm³/mol. The minimum absolute atomic E-state index is 0. The second-order valence-corrected chi connectivity index (χ2v) is 2.20. The highest BCUT2D eigenvalue weighted by Crippen LogP contribution is 2.09. The van der Waals surface area contributed by atoms with E-state index in [1.54, 1.807) is 0 Å². The molecule has 0 aromatic rings. The molecule has 1 saturated heterocycles. The molecule has 0 unspecified atom stereocenters. The highest BCUT2D eigenvalue weighted by atomic mass is 35.5. The molecule has 3 N–H and O–H groups in total. The second-order valence-electron chi connectivity index (χ2n) is 2.20. The lowest BCUT2D eigenvalue weighted by Crippen LogP contribution is -2.37. The molecule has 11 heavy (non-hydrogen) atoms. The molecule has 1 amide bonds. The van der Waals surface area contributed by atoms with Crippen LogP contribution in [-0.4, -0.2) is 18.5 Å². The third kappa shape index (κ3) is 3.10. The first-order chi connectivity index (χ1) is 4.22. The van der Waals surface area contributed by atoms with Gasteiger partial charge in [-0.15, -0.1) is 24.8 Å². The molecule has 0 aromatic heterocycles. The Morgan fingerprint density at radius 3 is 2.36 bits per heavy atom. The maximum Gasteiger partial charge on any atom is 0.238 e. The summed E-state index contributed by atoms with van der Waals surface area (Å²) in [7, 11) is 0. The van der Waals surface area contributed by atoms with Crippen LogP contribution in [0.1, 0.15) is 6.42 Å². The minimum atomic E-state index is -0.322. The van der Waals surface area contributed by atoms with Crippen molar-refractivity contribution >= 4 is 30.7 Å². The summed E-state index contributed by atoms with van der Waals surface area (Å²) >= 11 is 0. The third-order valence-corrected chi connectivity index (χ3v) is 1.49. The summed E-state index contributed by atoms with van der Waals surface area (Å²) < 4.78 is 0. The van der Waals surface area contributed by atoms with Crippen molar-refractivity contribution in [3.8, 4) is 0 Å². The van der Waals surface area contributed by atoms with E-state index in [2.05, 4.69) is 11.9 Å². The van der Waals surface area contributed by atoms with E-state index in [0.717, 1.165) is 18.5 Å². The van der Waals surface area contributed by atoms with Gasteiger partial charge in [-0.1, -0.05) is 6.58 Å². The van der Waals surface area contributed by atoms with E-state index in [9.17, 15) is 4.79 Å². The molecule has 0 spiro atoms. The highest BCUT2D eigenvalue weighted by Gasteiger charge is 2.22. The molecule has 0 bridgehead atoms. The van der Waals surface area contributed by atoms with Crippen molar-refractivity contribution in [1.82, 2.24) is 5.32 Å². The Morgan fingerprint density at radius 2 is 2.18 bits per heavy atom. The Kier molecular flexibility index (Phi) is 6.56. The molecule has 0 aromatic carbocycles. The van der Waals surface area contributed by atoms with E-state index in [-0.39, 0.29) is 36.8 Å². The van der Waals surface area contributed by atoms with E-state index in [4.69, 9.17) is 5.73 Å². The molecule has 1 aliphatic heterocycles. The number of nitrogens with two attached hydrogens (primary N) is 1. The van der Waals surface area contributed by atoms with Crippen molar-refractivity contribution < 1.29 is 4.79 Å². The van der Waals surface area contributed by atoms with Crippen molar-refractivity contribution in [2.45, 2.75) is 12.5 Å². The molecule has 1 fully saturated rings. The Bertz CT molecular complexity index is 161. The van der Waals surface area contributed by atoms with Crippen molar-refractivity contribution in [3.63, 3.8) is 0 Å². The van der Waals surface area contributed by atoms with Gasteiger partial charge in [-0.05, 0) is 18.5 Å².